The van der Waals surface area contributed by atoms with E-state index in [9.17, 15) is 0 Å². The Balaban J connectivity index is 2.42. The standard InChI is InChI=1S/C20H31Br/c1-18(2,3)13-17(21)14-8-9-15-16(12-14)20(6,7)11-10-19(15,4)5/h8-9,12,17H,10-11,13H2,1-7H3. The fourth-order valence-electron chi connectivity index (χ4n) is 3.46. The Morgan fingerprint density at radius 3 is 2.05 bits per heavy atom. The highest BCUT2D eigenvalue weighted by molar-refractivity contribution is 9.09. The molecule has 0 aliphatic heterocycles. The number of rotatable bonds is 2. The van der Waals surface area contributed by atoms with Gasteiger partial charge in [-0.2, -0.15) is 0 Å². The predicted octanol–water partition coefficient (Wildman–Crippen LogP) is 6.91. The molecule has 1 unspecified atom stereocenters. The van der Waals surface area contributed by atoms with Crippen molar-refractivity contribution in [1.82, 2.24) is 0 Å². The minimum Gasteiger partial charge on any atom is -0.0839 e. The first-order valence-corrected chi connectivity index (χ1v) is 9.13. The van der Waals surface area contributed by atoms with Crippen LogP contribution in [0.15, 0.2) is 18.2 Å². The molecule has 0 saturated heterocycles. The van der Waals surface area contributed by atoms with Crippen LogP contribution in [0.4, 0.5) is 0 Å². The van der Waals surface area contributed by atoms with Crippen molar-refractivity contribution in [3.63, 3.8) is 0 Å². The molecule has 0 heterocycles. The Morgan fingerprint density at radius 1 is 1.00 bits per heavy atom. The van der Waals surface area contributed by atoms with Gasteiger partial charge >= 0.3 is 0 Å². The van der Waals surface area contributed by atoms with Crippen molar-refractivity contribution in [3.05, 3.63) is 34.9 Å². The van der Waals surface area contributed by atoms with Crippen LogP contribution in [-0.2, 0) is 10.8 Å². The van der Waals surface area contributed by atoms with Crippen molar-refractivity contribution in [2.75, 3.05) is 0 Å². The summed E-state index contributed by atoms with van der Waals surface area (Å²) in [6, 6.07) is 7.21. The Kier molecular flexibility index (Phi) is 4.39. The molecule has 21 heavy (non-hydrogen) atoms. The van der Waals surface area contributed by atoms with Crippen LogP contribution >= 0.6 is 15.9 Å². The van der Waals surface area contributed by atoms with E-state index in [1.165, 1.54) is 18.4 Å². The third kappa shape index (κ3) is 3.73. The Bertz CT molecular complexity index is 517. The second kappa shape index (κ2) is 5.41. The third-order valence-corrected chi connectivity index (χ3v) is 5.88. The fourth-order valence-corrected chi connectivity index (χ4v) is 4.71. The Labute approximate surface area is 139 Å². The lowest BCUT2D eigenvalue weighted by Crippen LogP contribution is -2.33. The molecule has 0 nitrogen and oxygen atoms in total. The number of hydrogen-bond acceptors (Lipinski definition) is 0. The van der Waals surface area contributed by atoms with Crippen molar-refractivity contribution < 1.29 is 0 Å². The first-order chi connectivity index (χ1) is 9.42. The monoisotopic (exact) mass is 350 g/mol. The molecule has 0 bridgehead atoms. The van der Waals surface area contributed by atoms with Crippen LogP contribution in [0.1, 0.15) is 89.2 Å². The van der Waals surface area contributed by atoms with Crippen LogP contribution in [0.2, 0.25) is 0 Å². The Hall–Kier alpha value is -0.300. The normalized spacial score (nSPS) is 21.7. The van der Waals surface area contributed by atoms with E-state index >= 15 is 0 Å². The fraction of sp³-hybridized carbons (Fsp3) is 0.700. The zero-order valence-electron chi connectivity index (χ0n) is 14.8. The molecule has 1 aliphatic rings. The quantitative estimate of drug-likeness (QED) is 0.508. The van der Waals surface area contributed by atoms with E-state index < -0.39 is 0 Å². The number of fused-ring (bicyclic) bond motifs is 1. The van der Waals surface area contributed by atoms with Crippen molar-refractivity contribution in [2.45, 2.75) is 83.4 Å². The highest BCUT2D eigenvalue weighted by atomic mass is 79.9. The lowest BCUT2D eigenvalue weighted by atomic mass is 9.63. The first kappa shape index (κ1) is 17.1. The van der Waals surface area contributed by atoms with Gasteiger partial charge < -0.3 is 0 Å². The first-order valence-electron chi connectivity index (χ1n) is 8.21. The number of alkyl halides is 1. The lowest BCUT2D eigenvalue weighted by Gasteiger charge is -2.42. The summed E-state index contributed by atoms with van der Waals surface area (Å²) in [5.74, 6) is 0. The molecule has 2 rings (SSSR count). The minimum atomic E-state index is 0.301. The van der Waals surface area contributed by atoms with E-state index in [1.807, 2.05) is 0 Å². The predicted molar refractivity (Wildman–Crippen MR) is 97.5 cm³/mol. The highest BCUT2D eigenvalue weighted by Crippen LogP contribution is 2.47. The largest absolute Gasteiger partial charge is 0.0839 e. The molecule has 0 spiro atoms. The van der Waals surface area contributed by atoms with Crippen LogP contribution in [0, 0.1) is 5.41 Å². The lowest BCUT2D eigenvalue weighted by molar-refractivity contribution is 0.331. The van der Waals surface area contributed by atoms with Gasteiger partial charge in [-0.3, -0.25) is 0 Å². The molecule has 0 saturated carbocycles. The summed E-state index contributed by atoms with van der Waals surface area (Å²) in [6.45, 7) is 16.5. The van der Waals surface area contributed by atoms with Gasteiger partial charge in [0.25, 0.3) is 0 Å². The molecule has 1 atom stereocenters. The summed E-state index contributed by atoms with van der Waals surface area (Å²) < 4.78 is 0. The van der Waals surface area contributed by atoms with Gasteiger partial charge in [0.1, 0.15) is 0 Å². The summed E-state index contributed by atoms with van der Waals surface area (Å²) >= 11 is 3.92. The van der Waals surface area contributed by atoms with E-state index in [1.54, 1.807) is 11.1 Å². The molecule has 118 valence electrons. The van der Waals surface area contributed by atoms with E-state index in [2.05, 4.69) is 82.6 Å². The van der Waals surface area contributed by atoms with Crippen molar-refractivity contribution in [3.8, 4) is 0 Å². The van der Waals surface area contributed by atoms with Crippen LogP contribution < -0.4 is 0 Å². The third-order valence-electron chi connectivity index (χ3n) is 5.03. The molecule has 0 N–H and O–H groups in total. The van der Waals surface area contributed by atoms with Gasteiger partial charge in [-0.15, -0.1) is 0 Å². The van der Waals surface area contributed by atoms with Gasteiger partial charge in [-0.05, 0) is 52.2 Å². The average Bonchev–Trinajstić information content (AvgIpc) is 2.33. The van der Waals surface area contributed by atoms with Gasteiger partial charge in [0.2, 0.25) is 0 Å². The van der Waals surface area contributed by atoms with Gasteiger partial charge in [0.15, 0.2) is 0 Å². The number of halogens is 1. The van der Waals surface area contributed by atoms with Crippen LogP contribution in [0.5, 0.6) is 0 Å². The molecule has 0 aromatic heterocycles. The summed E-state index contributed by atoms with van der Waals surface area (Å²) in [4.78, 5) is 0.448. The molecule has 0 fully saturated rings. The average molecular weight is 351 g/mol. The smallest absolute Gasteiger partial charge is 0.0400 e. The number of hydrogen-bond donors (Lipinski definition) is 0. The van der Waals surface area contributed by atoms with Crippen molar-refractivity contribution in [1.29, 1.82) is 0 Å². The molecule has 0 radical (unpaired) electrons. The second-order valence-corrected chi connectivity index (χ2v) is 10.4. The van der Waals surface area contributed by atoms with Crippen LogP contribution in [-0.4, -0.2) is 0 Å². The minimum absolute atomic E-state index is 0.301. The summed E-state index contributed by atoms with van der Waals surface area (Å²) in [7, 11) is 0. The topological polar surface area (TPSA) is 0 Å². The Morgan fingerprint density at radius 2 is 1.52 bits per heavy atom. The maximum absolute atomic E-state index is 3.92. The summed E-state index contributed by atoms with van der Waals surface area (Å²) in [5, 5.41) is 0. The van der Waals surface area contributed by atoms with Crippen LogP contribution in [0.3, 0.4) is 0 Å². The van der Waals surface area contributed by atoms with Crippen molar-refractivity contribution in [2.24, 2.45) is 5.41 Å². The molecule has 1 heteroatoms. The van der Waals surface area contributed by atoms with E-state index in [-0.39, 0.29) is 0 Å². The maximum Gasteiger partial charge on any atom is 0.0400 e. The van der Waals surface area contributed by atoms with Crippen molar-refractivity contribution >= 4 is 15.9 Å². The molecule has 1 aromatic rings. The molecule has 1 aliphatic carbocycles. The zero-order chi connectivity index (χ0) is 16.1. The van der Waals surface area contributed by atoms with E-state index in [0.717, 1.165) is 6.42 Å². The highest BCUT2D eigenvalue weighted by Gasteiger charge is 2.37. The second-order valence-electron chi connectivity index (χ2n) is 9.31. The van der Waals surface area contributed by atoms with Gasteiger partial charge in [0.05, 0.1) is 0 Å². The van der Waals surface area contributed by atoms with E-state index in [4.69, 9.17) is 0 Å². The number of benzene rings is 1. The maximum atomic E-state index is 3.92. The van der Waals surface area contributed by atoms with Gasteiger partial charge in [-0.1, -0.05) is 82.6 Å². The zero-order valence-corrected chi connectivity index (χ0v) is 16.4. The molecular weight excluding hydrogens is 320 g/mol. The summed E-state index contributed by atoms with van der Waals surface area (Å²) in [6.07, 6.45) is 3.73. The SMILES string of the molecule is CC(C)(C)CC(Br)c1ccc2c(c1)C(C)(C)CCC2(C)C. The van der Waals surface area contributed by atoms with E-state index in [0.29, 0.717) is 21.1 Å². The molecule has 1 aromatic carbocycles. The van der Waals surface area contributed by atoms with Gasteiger partial charge in [0, 0.05) is 4.83 Å². The molecular formula is C20H31Br. The van der Waals surface area contributed by atoms with Crippen LogP contribution in [0.25, 0.3) is 0 Å². The summed E-state index contributed by atoms with van der Waals surface area (Å²) in [5.41, 5.74) is 5.52. The molecule has 0 amide bonds. The van der Waals surface area contributed by atoms with Gasteiger partial charge in [-0.25, -0.2) is 0 Å².